The van der Waals surface area contributed by atoms with Gasteiger partial charge in [0.05, 0.1) is 11.4 Å². The van der Waals surface area contributed by atoms with Crippen LogP contribution < -0.4 is 5.11 Å². The first kappa shape index (κ1) is 7.14. The van der Waals surface area contributed by atoms with Crippen LogP contribution in [0.1, 0.15) is 13.8 Å². The molecule has 0 amide bonds. The van der Waals surface area contributed by atoms with Gasteiger partial charge in [0, 0.05) is 0 Å². The molecule has 0 spiro atoms. The second-order valence-corrected chi connectivity index (χ2v) is 2.13. The molecule has 0 aliphatic carbocycles. The zero-order valence-electron chi connectivity index (χ0n) is 4.80. The minimum Gasteiger partial charge on any atom is -0.549 e. The third-order valence-corrected chi connectivity index (χ3v) is 0.821. The van der Waals surface area contributed by atoms with Crippen LogP contribution >= 0.6 is 0 Å². The summed E-state index contributed by atoms with van der Waals surface area (Å²) >= 11 is 0. The summed E-state index contributed by atoms with van der Waals surface area (Å²) in [5.41, 5.74) is -1.33. The number of hydrogen-bond donors (Lipinski definition) is 0. The fraction of sp³-hybridized carbons (Fsp3) is 0.600. The minimum absolute atomic E-state index is 0.350. The zero-order valence-corrected chi connectivity index (χ0v) is 4.80. The van der Waals surface area contributed by atoms with Crippen molar-refractivity contribution in [2.45, 2.75) is 13.8 Å². The van der Waals surface area contributed by atoms with Crippen molar-refractivity contribution in [3.63, 3.8) is 0 Å². The first-order valence-corrected chi connectivity index (χ1v) is 2.18. The first-order valence-electron chi connectivity index (χ1n) is 2.18. The van der Waals surface area contributed by atoms with Crippen LogP contribution in [0, 0.1) is 5.41 Å². The monoisotopic (exact) mass is 115 g/mol. The molecule has 0 aromatic rings. The molecular formula is C5H7O3-. The molecule has 0 N–H and O–H groups in total. The maximum absolute atomic E-state index is 9.91. The van der Waals surface area contributed by atoms with Crippen LogP contribution in [0.3, 0.4) is 0 Å². The fourth-order valence-electron chi connectivity index (χ4n) is 0.0481. The van der Waals surface area contributed by atoms with Gasteiger partial charge in [0.1, 0.15) is 6.29 Å². The topological polar surface area (TPSA) is 57.2 Å². The summed E-state index contributed by atoms with van der Waals surface area (Å²) in [5.74, 6) is -1.34. The third kappa shape index (κ3) is 1.33. The molecule has 0 aliphatic heterocycles. The van der Waals surface area contributed by atoms with E-state index in [0.717, 1.165) is 0 Å². The lowest BCUT2D eigenvalue weighted by Crippen LogP contribution is -2.38. The van der Waals surface area contributed by atoms with Crippen molar-refractivity contribution < 1.29 is 14.7 Å². The van der Waals surface area contributed by atoms with Crippen LogP contribution in [-0.2, 0) is 9.59 Å². The number of rotatable bonds is 2. The van der Waals surface area contributed by atoms with E-state index < -0.39 is 11.4 Å². The van der Waals surface area contributed by atoms with Crippen LogP contribution in [0.4, 0.5) is 0 Å². The van der Waals surface area contributed by atoms with Crippen LogP contribution in [0.15, 0.2) is 0 Å². The Hall–Kier alpha value is -0.860. The van der Waals surface area contributed by atoms with E-state index in [1.165, 1.54) is 13.8 Å². The van der Waals surface area contributed by atoms with E-state index in [4.69, 9.17) is 0 Å². The van der Waals surface area contributed by atoms with E-state index in [-0.39, 0.29) is 0 Å². The molecule has 0 bridgehead atoms. The molecule has 0 unspecified atom stereocenters. The highest BCUT2D eigenvalue weighted by molar-refractivity contribution is 5.89. The van der Waals surface area contributed by atoms with E-state index in [1.807, 2.05) is 0 Å². The highest BCUT2D eigenvalue weighted by Gasteiger charge is 2.16. The Morgan fingerprint density at radius 2 is 2.00 bits per heavy atom. The van der Waals surface area contributed by atoms with Crippen molar-refractivity contribution >= 4 is 12.3 Å². The number of carboxylic acid groups (broad SMARTS) is 1. The Kier molecular flexibility index (Phi) is 1.73. The lowest BCUT2D eigenvalue weighted by molar-refractivity contribution is -0.314. The van der Waals surface area contributed by atoms with Gasteiger partial charge in [0.2, 0.25) is 0 Å². The molecular weight excluding hydrogens is 108 g/mol. The Balaban J connectivity index is 4.12. The van der Waals surface area contributed by atoms with Crippen molar-refractivity contribution in [1.82, 2.24) is 0 Å². The van der Waals surface area contributed by atoms with Gasteiger partial charge in [-0.1, -0.05) is 0 Å². The van der Waals surface area contributed by atoms with Crippen molar-refractivity contribution in [2.75, 3.05) is 0 Å². The summed E-state index contributed by atoms with van der Waals surface area (Å²) in [6.45, 7) is 2.57. The van der Waals surface area contributed by atoms with Gasteiger partial charge in [-0.2, -0.15) is 0 Å². The van der Waals surface area contributed by atoms with Gasteiger partial charge >= 0.3 is 0 Å². The summed E-state index contributed by atoms with van der Waals surface area (Å²) < 4.78 is 0. The molecule has 0 rings (SSSR count). The summed E-state index contributed by atoms with van der Waals surface area (Å²) in [4.78, 5) is 19.8. The SMILES string of the molecule is CC(C)(C=O)C(=O)[O-]. The predicted octanol–water partition coefficient (Wildman–Crippen LogP) is -1.04. The first-order chi connectivity index (χ1) is 3.50. The number of aliphatic carboxylic acids is 1. The number of carboxylic acids is 1. The van der Waals surface area contributed by atoms with Crippen LogP contribution in [0.25, 0.3) is 0 Å². The zero-order chi connectivity index (χ0) is 6.78. The quantitative estimate of drug-likeness (QED) is 0.341. The van der Waals surface area contributed by atoms with Gasteiger partial charge < -0.3 is 14.7 Å². The Bertz CT molecular complexity index is 115. The van der Waals surface area contributed by atoms with Crippen molar-refractivity contribution in [3.05, 3.63) is 0 Å². The lowest BCUT2D eigenvalue weighted by atomic mass is 9.97. The maximum atomic E-state index is 9.91. The van der Waals surface area contributed by atoms with Crippen molar-refractivity contribution in [2.24, 2.45) is 5.41 Å². The third-order valence-electron chi connectivity index (χ3n) is 0.821. The molecule has 46 valence electrons. The lowest BCUT2D eigenvalue weighted by Gasteiger charge is -2.16. The van der Waals surface area contributed by atoms with Gasteiger partial charge in [0.15, 0.2) is 0 Å². The molecule has 0 aromatic carbocycles. The summed E-state index contributed by atoms with van der Waals surface area (Å²) in [6.07, 6.45) is 0.350. The second-order valence-electron chi connectivity index (χ2n) is 2.13. The van der Waals surface area contributed by atoms with Crippen LogP contribution in [0.5, 0.6) is 0 Å². The van der Waals surface area contributed by atoms with E-state index >= 15 is 0 Å². The van der Waals surface area contributed by atoms with Crippen molar-refractivity contribution in [3.8, 4) is 0 Å². The van der Waals surface area contributed by atoms with Gasteiger partial charge in [-0.15, -0.1) is 0 Å². The van der Waals surface area contributed by atoms with E-state index in [9.17, 15) is 14.7 Å². The molecule has 3 heteroatoms. The average Bonchev–Trinajstić information content (AvgIpc) is 1.67. The molecule has 8 heavy (non-hydrogen) atoms. The summed E-state index contributed by atoms with van der Waals surface area (Å²) in [5, 5.41) is 9.91. The molecule has 0 atom stereocenters. The Morgan fingerprint density at radius 3 is 2.00 bits per heavy atom. The number of hydrogen-bond acceptors (Lipinski definition) is 3. The van der Waals surface area contributed by atoms with Gasteiger partial charge in [-0.05, 0) is 13.8 Å². The molecule has 0 saturated heterocycles. The average molecular weight is 115 g/mol. The highest BCUT2D eigenvalue weighted by Crippen LogP contribution is 2.07. The normalized spacial score (nSPS) is 10.8. The second kappa shape index (κ2) is 1.94. The Morgan fingerprint density at radius 1 is 1.62 bits per heavy atom. The van der Waals surface area contributed by atoms with Gasteiger partial charge in [-0.3, -0.25) is 0 Å². The fourth-order valence-corrected chi connectivity index (χ4v) is 0.0481. The van der Waals surface area contributed by atoms with E-state index in [0.29, 0.717) is 6.29 Å². The smallest absolute Gasteiger partial charge is 0.131 e. The summed E-state index contributed by atoms with van der Waals surface area (Å²) in [7, 11) is 0. The number of aldehydes is 1. The number of carbonyl (C=O) groups excluding carboxylic acids is 2. The largest absolute Gasteiger partial charge is 0.549 e. The van der Waals surface area contributed by atoms with Gasteiger partial charge in [-0.25, -0.2) is 0 Å². The van der Waals surface area contributed by atoms with Crippen molar-refractivity contribution in [1.29, 1.82) is 0 Å². The number of carbonyl (C=O) groups is 2. The minimum atomic E-state index is -1.34. The maximum Gasteiger partial charge on any atom is 0.131 e. The molecule has 0 saturated carbocycles. The van der Waals surface area contributed by atoms with Crippen LogP contribution in [0.2, 0.25) is 0 Å². The van der Waals surface area contributed by atoms with Gasteiger partial charge in [0.25, 0.3) is 0 Å². The highest BCUT2D eigenvalue weighted by atomic mass is 16.4. The summed E-state index contributed by atoms with van der Waals surface area (Å²) in [6, 6.07) is 0. The molecule has 0 radical (unpaired) electrons. The van der Waals surface area contributed by atoms with E-state index in [1.54, 1.807) is 0 Å². The molecule has 0 aliphatic rings. The predicted molar refractivity (Wildman–Crippen MR) is 24.9 cm³/mol. The van der Waals surface area contributed by atoms with Crippen LogP contribution in [-0.4, -0.2) is 12.3 Å². The standard InChI is InChI=1S/C5H8O3/c1-5(2,3-6)4(7)8/h3H,1-2H3,(H,7,8)/p-1. The molecule has 0 fully saturated rings. The molecule has 3 nitrogen and oxygen atoms in total. The molecule has 0 heterocycles. The Labute approximate surface area is 47.3 Å². The van der Waals surface area contributed by atoms with E-state index in [2.05, 4.69) is 0 Å². The molecule has 0 aromatic heterocycles.